The summed E-state index contributed by atoms with van der Waals surface area (Å²) < 4.78 is 0. The molecule has 1 amide bonds. The van der Waals surface area contributed by atoms with Crippen molar-refractivity contribution in [3.63, 3.8) is 0 Å². The molecule has 0 aromatic rings. The maximum Gasteiger partial charge on any atom is 0.225 e. The summed E-state index contributed by atoms with van der Waals surface area (Å²) in [6, 6.07) is 0. The molecular formula is C14H29N3O. The lowest BCUT2D eigenvalue weighted by Gasteiger charge is -2.25. The number of rotatable bonds is 5. The highest BCUT2D eigenvalue weighted by atomic mass is 16.2. The Morgan fingerprint density at radius 1 is 1.22 bits per heavy atom. The Morgan fingerprint density at radius 3 is 2.56 bits per heavy atom. The van der Waals surface area contributed by atoms with Crippen molar-refractivity contribution in [1.29, 1.82) is 0 Å². The fourth-order valence-electron chi connectivity index (χ4n) is 2.38. The molecule has 1 fully saturated rings. The van der Waals surface area contributed by atoms with Gasteiger partial charge in [0, 0.05) is 32.1 Å². The van der Waals surface area contributed by atoms with Crippen molar-refractivity contribution in [3.05, 3.63) is 0 Å². The second-order valence-electron chi connectivity index (χ2n) is 5.63. The highest BCUT2D eigenvalue weighted by Crippen LogP contribution is 2.11. The van der Waals surface area contributed by atoms with Gasteiger partial charge in [0.05, 0.1) is 0 Å². The van der Waals surface area contributed by atoms with Gasteiger partial charge >= 0.3 is 0 Å². The molecule has 2 atom stereocenters. The van der Waals surface area contributed by atoms with Crippen LogP contribution in [0.1, 0.15) is 33.6 Å². The first-order valence-electron chi connectivity index (χ1n) is 7.29. The van der Waals surface area contributed by atoms with Crippen LogP contribution in [0, 0.1) is 11.8 Å². The highest BCUT2D eigenvalue weighted by Gasteiger charge is 2.22. The average molecular weight is 255 g/mol. The molecule has 0 saturated carbocycles. The molecule has 2 N–H and O–H groups in total. The molecule has 1 aliphatic heterocycles. The average Bonchev–Trinajstić information content (AvgIpc) is 2.62. The minimum absolute atomic E-state index is 0.166. The predicted molar refractivity (Wildman–Crippen MR) is 75.3 cm³/mol. The smallest absolute Gasteiger partial charge is 0.225 e. The molecule has 106 valence electrons. The molecule has 1 heterocycles. The first kappa shape index (κ1) is 15.4. The van der Waals surface area contributed by atoms with Crippen LogP contribution in [0.15, 0.2) is 0 Å². The molecule has 1 saturated heterocycles. The van der Waals surface area contributed by atoms with Gasteiger partial charge in [0.15, 0.2) is 0 Å². The minimum atomic E-state index is 0.166. The Labute approximate surface area is 111 Å². The zero-order valence-corrected chi connectivity index (χ0v) is 12.2. The molecule has 4 nitrogen and oxygen atoms in total. The van der Waals surface area contributed by atoms with E-state index in [0.29, 0.717) is 11.8 Å². The molecule has 18 heavy (non-hydrogen) atoms. The van der Waals surface area contributed by atoms with E-state index in [1.54, 1.807) is 0 Å². The molecule has 0 spiro atoms. The normalized spacial score (nSPS) is 21.4. The first-order chi connectivity index (χ1) is 8.58. The van der Waals surface area contributed by atoms with Crippen molar-refractivity contribution in [1.82, 2.24) is 9.80 Å². The standard InChI is InChI=1S/C14H29N3O/c1-4-13(3)14(18)17-7-5-6-16(8-9-17)11-12(2)10-15/h12-13H,4-11,15H2,1-3H3. The number of hydrogen-bond donors (Lipinski definition) is 1. The summed E-state index contributed by atoms with van der Waals surface area (Å²) in [7, 11) is 0. The predicted octanol–water partition coefficient (Wildman–Crippen LogP) is 1.16. The van der Waals surface area contributed by atoms with Crippen LogP contribution in [-0.2, 0) is 4.79 Å². The lowest BCUT2D eigenvalue weighted by atomic mass is 10.1. The third-order valence-corrected chi connectivity index (χ3v) is 3.91. The Morgan fingerprint density at radius 2 is 1.94 bits per heavy atom. The summed E-state index contributed by atoms with van der Waals surface area (Å²) >= 11 is 0. The molecule has 4 heteroatoms. The summed E-state index contributed by atoms with van der Waals surface area (Å²) in [5.74, 6) is 1.03. The van der Waals surface area contributed by atoms with Gasteiger partial charge in [-0.1, -0.05) is 20.8 Å². The molecule has 0 radical (unpaired) electrons. The van der Waals surface area contributed by atoms with Crippen LogP contribution >= 0.6 is 0 Å². The Kier molecular flexibility index (Phi) is 6.65. The van der Waals surface area contributed by atoms with Gasteiger partial charge in [0.2, 0.25) is 5.91 Å². The molecule has 0 aromatic carbocycles. The number of carbonyl (C=O) groups excluding carboxylic acids is 1. The lowest BCUT2D eigenvalue weighted by Crippen LogP contribution is -2.39. The molecular weight excluding hydrogens is 226 g/mol. The zero-order chi connectivity index (χ0) is 13.5. The largest absolute Gasteiger partial charge is 0.341 e. The molecule has 2 unspecified atom stereocenters. The summed E-state index contributed by atoms with van der Waals surface area (Å²) in [5, 5.41) is 0. The SMILES string of the molecule is CCC(C)C(=O)N1CCCN(CC(C)CN)CC1. The quantitative estimate of drug-likeness (QED) is 0.802. The number of amides is 1. The second kappa shape index (κ2) is 7.74. The first-order valence-corrected chi connectivity index (χ1v) is 7.29. The minimum Gasteiger partial charge on any atom is -0.341 e. The van der Waals surface area contributed by atoms with Gasteiger partial charge in [-0.15, -0.1) is 0 Å². The van der Waals surface area contributed by atoms with E-state index >= 15 is 0 Å². The maximum absolute atomic E-state index is 12.2. The zero-order valence-electron chi connectivity index (χ0n) is 12.2. The van der Waals surface area contributed by atoms with E-state index in [4.69, 9.17) is 5.73 Å². The van der Waals surface area contributed by atoms with Crippen molar-refractivity contribution >= 4 is 5.91 Å². The van der Waals surface area contributed by atoms with Crippen molar-refractivity contribution in [2.24, 2.45) is 17.6 Å². The number of nitrogens with two attached hydrogens (primary N) is 1. The molecule has 1 aliphatic rings. The topological polar surface area (TPSA) is 49.6 Å². The van der Waals surface area contributed by atoms with Gasteiger partial charge in [-0.25, -0.2) is 0 Å². The van der Waals surface area contributed by atoms with Crippen LogP contribution in [0.5, 0.6) is 0 Å². The van der Waals surface area contributed by atoms with E-state index in [0.717, 1.165) is 52.1 Å². The monoisotopic (exact) mass is 255 g/mol. The van der Waals surface area contributed by atoms with Gasteiger partial charge in [-0.05, 0) is 31.8 Å². The third-order valence-electron chi connectivity index (χ3n) is 3.91. The van der Waals surface area contributed by atoms with Crippen molar-refractivity contribution in [2.45, 2.75) is 33.6 Å². The van der Waals surface area contributed by atoms with Crippen molar-refractivity contribution in [3.8, 4) is 0 Å². The molecule has 0 aliphatic carbocycles. The Balaban J connectivity index is 2.43. The summed E-state index contributed by atoms with van der Waals surface area (Å²) in [6.07, 6.45) is 2.02. The van der Waals surface area contributed by atoms with Crippen LogP contribution in [0.2, 0.25) is 0 Å². The molecule has 0 bridgehead atoms. The fourth-order valence-corrected chi connectivity index (χ4v) is 2.38. The van der Waals surface area contributed by atoms with Crippen molar-refractivity contribution < 1.29 is 4.79 Å². The van der Waals surface area contributed by atoms with E-state index in [1.165, 1.54) is 0 Å². The number of nitrogens with zero attached hydrogens (tertiary/aromatic N) is 2. The second-order valence-corrected chi connectivity index (χ2v) is 5.63. The molecule has 0 aromatic heterocycles. The van der Waals surface area contributed by atoms with Crippen LogP contribution in [0.3, 0.4) is 0 Å². The van der Waals surface area contributed by atoms with Gasteiger partial charge in [-0.3, -0.25) is 4.79 Å². The van der Waals surface area contributed by atoms with Crippen LogP contribution in [0.4, 0.5) is 0 Å². The van der Waals surface area contributed by atoms with Gasteiger partial charge < -0.3 is 15.5 Å². The number of hydrogen-bond acceptors (Lipinski definition) is 3. The maximum atomic E-state index is 12.2. The van der Waals surface area contributed by atoms with Gasteiger partial charge in [0.25, 0.3) is 0 Å². The molecule has 1 rings (SSSR count). The van der Waals surface area contributed by atoms with Crippen LogP contribution < -0.4 is 5.73 Å². The Bertz CT molecular complexity index is 257. The number of carbonyl (C=O) groups is 1. The van der Waals surface area contributed by atoms with E-state index in [-0.39, 0.29) is 5.92 Å². The van der Waals surface area contributed by atoms with E-state index in [1.807, 2.05) is 11.8 Å². The summed E-state index contributed by atoms with van der Waals surface area (Å²) in [6.45, 7) is 12.0. The Hall–Kier alpha value is -0.610. The summed E-state index contributed by atoms with van der Waals surface area (Å²) in [5.41, 5.74) is 5.67. The van der Waals surface area contributed by atoms with Gasteiger partial charge in [-0.2, -0.15) is 0 Å². The highest BCUT2D eigenvalue weighted by molar-refractivity contribution is 5.78. The van der Waals surface area contributed by atoms with Crippen LogP contribution in [0.25, 0.3) is 0 Å². The lowest BCUT2D eigenvalue weighted by molar-refractivity contribution is -0.134. The van der Waals surface area contributed by atoms with E-state index in [9.17, 15) is 4.79 Å². The summed E-state index contributed by atoms with van der Waals surface area (Å²) in [4.78, 5) is 16.6. The fraction of sp³-hybridized carbons (Fsp3) is 0.929. The van der Waals surface area contributed by atoms with E-state index in [2.05, 4.69) is 18.7 Å². The van der Waals surface area contributed by atoms with Crippen LogP contribution in [-0.4, -0.2) is 55.0 Å². The van der Waals surface area contributed by atoms with Crippen molar-refractivity contribution in [2.75, 3.05) is 39.3 Å². The van der Waals surface area contributed by atoms with Gasteiger partial charge in [0.1, 0.15) is 0 Å². The van der Waals surface area contributed by atoms with E-state index < -0.39 is 0 Å². The third kappa shape index (κ3) is 4.58.